The maximum absolute atomic E-state index is 12.0. The van der Waals surface area contributed by atoms with Gasteiger partial charge in [0.05, 0.1) is 13.2 Å². The van der Waals surface area contributed by atoms with E-state index in [0.717, 1.165) is 5.56 Å². The summed E-state index contributed by atoms with van der Waals surface area (Å²) >= 11 is 0. The number of ketones is 1. The number of esters is 1. The standard InChI is InChI=1S/C14H18O4/c1-3-18-14(16)10-13(15)12-7-5-4-6-11(12)8-9-17-2/h4-7H,3,8-10H2,1-2H3. The van der Waals surface area contributed by atoms with Gasteiger partial charge in [-0.25, -0.2) is 0 Å². The summed E-state index contributed by atoms with van der Waals surface area (Å²) in [7, 11) is 1.61. The first-order valence-corrected chi connectivity index (χ1v) is 5.94. The summed E-state index contributed by atoms with van der Waals surface area (Å²) in [5.41, 5.74) is 1.47. The van der Waals surface area contributed by atoms with Crippen LogP contribution in [0.15, 0.2) is 24.3 Å². The number of carbonyl (C=O) groups is 2. The second kappa shape index (κ2) is 7.61. The van der Waals surface area contributed by atoms with E-state index in [9.17, 15) is 9.59 Å². The molecule has 0 spiro atoms. The molecule has 0 bridgehead atoms. The maximum atomic E-state index is 12.0. The zero-order chi connectivity index (χ0) is 13.4. The highest BCUT2D eigenvalue weighted by molar-refractivity contribution is 6.06. The zero-order valence-corrected chi connectivity index (χ0v) is 10.8. The summed E-state index contributed by atoms with van der Waals surface area (Å²) in [5.74, 6) is -0.691. The molecule has 0 heterocycles. The number of methoxy groups -OCH3 is 1. The molecule has 98 valence electrons. The van der Waals surface area contributed by atoms with Crippen LogP contribution in [-0.2, 0) is 20.7 Å². The Labute approximate surface area is 107 Å². The molecule has 18 heavy (non-hydrogen) atoms. The van der Waals surface area contributed by atoms with Crippen LogP contribution in [0, 0.1) is 0 Å². The highest BCUT2D eigenvalue weighted by atomic mass is 16.5. The molecule has 0 aliphatic heterocycles. The lowest BCUT2D eigenvalue weighted by Crippen LogP contribution is -2.13. The fourth-order valence-electron chi connectivity index (χ4n) is 1.66. The quantitative estimate of drug-likeness (QED) is 0.422. The van der Waals surface area contributed by atoms with Crippen molar-refractivity contribution in [1.82, 2.24) is 0 Å². The molecule has 0 radical (unpaired) electrons. The second-order valence-electron chi connectivity index (χ2n) is 3.80. The summed E-state index contributed by atoms with van der Waals surface area (Å²) in [6.07, 6.45) is 0.444. The van der Waals surface area contributed by atoms with Gasteiger partial charge in [-0.05, 0) is 18.9 Å². The number of rotatable bonds is 7. The first-order valence-electron chi connectivity index (χ1n) is 5.94. The minimum Gasteiger partial charge on any atom is -0.466 e. The van der Waals surface area contributed by atoms with Crippen LogP contribution in [-0.4, -0.2) is 32.1 Å². The van der Waals surface area contributed by atoms with Crippen LogP contribution in [0.1, 0.15) is 29.3 Å². The fourth-order valence-corrected chi connectivity index (χ4v) is 1.66. The SMILES string of the molecule is CCOC(=O)CC(=O)c1ccccc1CCOC. The summed E-state index contributed by atoms with van der Waals surface area (Å²) in [4.78, 5) is 23.3. The van der Waals surface area contributed by atoms with Crippen LogP contribution in [0.4, 0.5) is 0 Å². The predicted octanol–water partition coefficient (Wildman–Crippen LogP) is 2.01. The van der Waals surface area contributed by atoms with E-state index in [1.54, 1.807) is 26.2 Å². The number of hydrogen-bond donors (Lipinski definition) is 0. The molecular weight excluding hydrogens is 232 g/mol. The van der Waals surface area contributed by atoms with Gasteiger partial charge < -0.3 is 9.47 Å². The molecule has 4 heteroatoms. The largest absolute Gasteiger partial charge is 0.466 e. The lowest BCUT2D eigenvalue weighted by molar-refractivity contribution is -0.141. The molecule has 0 aromatic heterocycles. The zero-order valence-electron chi connectivity index (χ0n) is 10.8. The molecule has 0 aliphatic rings. The van der Waals surface area contributed by atoms with Gasteiger partial charge >= 0.3 is 5.97 Å². The average molecular weight is 250 g/mol. The summed E-state index contributed by atoms with van der Waals surface area (Å²) < 4.78 is 9.77. The van der Waals surface area contributed by atoms with Gasteiger partial charge in [0.1, 0.15) is 6.42 Å². The summed E-state index contributed by atoms with van der Waals surface area (Å²) in [5, 5.41) is 0. The molecule has 1 rings (SSSR count). The van der Waals surface area contributed by atoms with Crippen LogP contribution in [0.3, 0.4) is 0 Å². The van der Waals surface area contributed by atoms with Crippen LogP contribution < -0.4 is 0 Å². The van der Waals surface area contributed by atoms with E-state index in [0.29, 0.717) is 18.6 Å². The van der Waals surface area contributed by atoms with Gasteiger partial charge in [-0.1, -0.05) is 24.3 Å². The van der Waals surface area contributed by atoms with Crippen molar-refractivity contribution in [1.29, 1.82) is 0 Å². The summed E-state index contributed by atoms with van der Waals surface area (Å²) in [6.45, 7) is 2.55. The van der Waals surface area contributed by atoms with Crippen molar-refractivity contribution in [2.45, 2.75) is 19.8 Å². The van der Waals surface area contributed by atoms with Crippen molar-refractivity contribution in [3.63, 3.8) is 0 Å². The van der Waals surface area contributed by atoms with E-state index in [1.165, 1.54) is 0 Å². The average Bonchev–Trinajstić information content (AvgIpc) is 2.36. The van der Waals surface area contributed by atoms with E-state index >= 15 is 0 Å². The Morgan fingerprint density at radius 2 is 1.94 bits per heavy atom. The van der Waals surface area contributed by atoms with Crippen molar-refractivity contribution in [3.05, 3.63) is 35.4 Å². The summed E-state index contributed by atoms with van der Waals surface area (Å²) in [6, 6.07) is 7.25. The highest BCUT2D eigenvalue weighted by Gasteiger charge is 2.15. The molecule has 1 aromatic carbocycles. The number of ether oxygens (including phenoxy) is 2. The normalized spacial score (nSPS) is 10.1. The molecule has 0 unspecified atom stereocenters. The fraction of sp³-hybridized carbons (Fsp3) is 0.429. The van der Waals surface area contributed by atoms with Gasteiger partial charge in [-0.2, -0.15) is 0 Å². The number of Topliss-reactive ketones (excluding diaryl/α,β-unsaturated/α-hetero) is 1. The highest BCUT2D eigenvalue weighted by Crippen LogP contribution is 2.12. The van der Waals surface area contributed by atoms with Gasteiger partial charge in [0.15, 0.2) is 5.78 Å². The Morgan fingerprint density at radius 1 is 1.22 bits per heavy atom. The van der Waals surface area contributed by atoms with Crippen LogP contribution in [0.25, 0.3) is 0 Å². The number of hydrogen-bond acceptors (Lipinski definition) is 4. The van der Waals surface area contributed by atoms with Gasteiger partial charge in [-0.3, -0.25) is 9.59 Å². The lowest BCUT2D eigenvalue weighted by Gasteiger charge is -2.08. The first-order chi connectivity index (χ1) is 8.69. The molecular formula is C14H18O4. The Kier molecular flexibility index (Phi) is 6.08. The molecule has 1 aromatic rings. The topological polar surface area (TPSA) is 52.6 Å². The first kappa shape index (κ1) is 14.4. The Bertz CT molecular complexity index is 412. The number of carbonyl (C=O) groups excluding carboxylic acids is 2. The Morgan fingerprint density at radius 3 is 2.61 bits per heavy atom. The Balaban J connectivity index is 2.75. The van der Waals surface area contributed by atoms with Crippen molar-refractivity contribution >= 4 is 11.8 Å². The van der Waals surface area contributed by atoms with Crippen LogP contribution in [0.5, 0.6) is 0 Å². The molecule has 0 atom stereocenters. The van der Waals surface area contributed by atoms with Gasteiger partial charge in [-0.15, -0.1) is 0 Å². The van der Waals surface area contributed by atoms with E-state index in [4.69, 9.17) is 9.47 Å². The molecule has 4 nitrogen and oxygen atoms in total. The molecule has 0 amide bonds. The smallest absolute Gasteiger partial charge is 0.313 e. The third kappa shape index (κ3) is 4.30. The minimum absolute atomic E-state index is 0.208. The molecule has 0 fully saturated rings. The molecule has 0 saturated carbocycles. The third-order valence-corrected chi connectivity index (χ3v) is 2.50. The van der Waals surface area contributed by atoms with Crippen molar-refractivity contribution in [2.75, 3.05) is 20.3 Å². The number of benzene rings is 1. The monoisotopic (exact) mass is 250 g/mol. The van der Waals surface area contributed by atoms with Crippen molar-refractivity contribution < 1.29 is 19.1 Å². The second-order valence-corrected chi connectivity index (χ2v) is 3.80. The minimum atomic E-state index is -0.482. The van der Waals surface area contributed by atoms with Gasteiger partial charge in [0, 0.05) is 12.7 Å². The molecule has 0 N–H and O–H groups in total. The van der Waals surface area contributed by atoms with Crippen molar-refractivity contribution in [2.24, 2.45) is 0 Å². The van der Waals surface area contributed by atoms with E-state index in [-0.39, 0.29) is 18.8 Å². The van der Waals surface area contributed by atoms with E-state index in [1.807, 2.05) is 12.1 Å². The van der Waals surface area contributed by atoms with Crippen molar-refractivity contribution in [3.8, 4) is 0 Å². The Hall–Kier alpha value is -1.68. The van der Waals surface area contributed by atoms with Gasteiger partial charge in [0.25, 0.3) is 0 Å². The third-order valence-electron chi connectivity index (χ3n) is 2.50. The van der Waals surface area contributed by atoms with Crippen LogP contribution in [0.2, 0.25) is 0 Å². The predicted molar refractivity (Wildman–Crippen MR) is 67.6 cm³/mol. The van der Waals surface area contributed by atoms with E-state index in [2.05, 4.69) is 0 Å². The van der Waals surface area contributed by atoms with Gasteiger partial charge in [0.2, 0.25) is 0 Å². The molecule has 0 saturated heterocycles. The molecule has 0 aliphatic carbocycles. The van der Waals surface area contributed by atoms with Crippen LogP contribution >= 0.6 is 0 Å². The van der Waals surface area contributed by atoms with E-state index < -0.39 is 5.97 Å². The lowest BCUT2D eigenvalue weighted by atomic mass is 10.00. The maximum Gasteiger partial charge on any atom is 0.313 e.